The molecule has 16 heavy (non-hydrogen) atoms. The molecular formula is C12H21N3O. The fourth-order valence-electron chi connectivity index (χ4n) is 2.14. The van der Waals surface area contributed by atoms with Crippen LogP contribution in [-0.2, 0) is 11.3 Å². The van der Waals surface area contributed by atoms with Gasteiger partial charge in [-0.25, -0.2) is 4.98 Å². The highest BCUT2D eigenvalue weighted by Gasteiger charge is 2.21. The van der Waals surface area contributed by atoms with Crippen LogP contribution < -0.4 is 5.32 Å². The maximum atomic E-state index is 5.77. The molecule has 1 N–H and O–H groups in total. The molecule has 1 fully saturated rings. The molecule has 0 saturated carbocycles. The summed E-state index contributed by atoms with van der Waals surface area (Å²) in [5, 5.41) is 3.51. The summed E-state index contributed by atoms with van der Waals surface area (Å²) in [6.07, 6.45) is 8.89. The average Bonchev–Trinajstić information content (AvgIpc) is 2.87. The smallest absolute Gasteiger partial charge is 0.0946 e. The van der Waals surface area contributed by atoms with E-state index in [-0.39, 0.29) is 0 Å². The molecule has 1 saturated heterocycles. The van der Waals surface area contributed by atoms with Crippen molar-refractivity contribution in [1.82, 2.24) is 14.9 Å². The third kappa shape index (κ3) is 3.32. The highest BCUT2D eigenvalue weighted by Crippen LogP contribution is 2.18. The van der Waals surface area contributed by atoms with E-state index in [1.54, 1.807) is 0 Å². The van der Waals surface area contributed by atoms with Crippen LogP contribution in [0.15, 0.2) is 18.7 Å². The maximum absolute atomic E-state index is 5.77. The Morgan fingerprint density at radius 3 is 3.06 bits per heavy atom. The van der Waals surface area contributed by atoms with Crippen molar-refractivity contribution in [3.63, 3.8) is 0 Å². The SMILES string of the molecule is CC(Cn1ccnc1)NCC1CCC(C)O1. The molecule has 1 aromatic rings. The highest BCUT2D eigenvalue weighted by atomic mass is 16.5. The Hall–Kier alpha value is -0.870. The number of imidazole rings is 1. The number of hydrogen-bond acceptors (Lipinski definition) is 3. The molecule has 2 rings (SSSR count). The van der Waals surface area contributed by atoms with Crippen LogP contribution in [0.3, 0.4) is 0 Å². The van der Waals surface area contributed by atoms with Crippen LogP contribution in [-0.4, -0.2) is 34.3 Å². The van der Waals surface area contributed by atoms with Gasteiger partial charge in [0.15, 0.2) is 0 Å². The number of ether oxygens (including phenoxy) is 1. The summed E-state index contributed by atoms with van der Waals surface area (Å²) in [7, 11) is 0. The molecule has 3 unspecified atom stereocenters. The lowest BCUT2D eigenvalue weighted by Crippen LogP contribution is -2.36. The van der Waals surface area contributed by atoms with Crippen LogP contribution in [0.4, 0.5) is 0 Å². The van der Waals surface area contributed by atoms with Crippen molar-refractivity contribution in [3.8, 4) is 0 Å². The second-order valence-electron chi connectivity index (χ2n) is 4.71. The standard InChI is InChI=1S/C12H21N3O/c1-10(8-15-6-5-13-9-15)14-7-12-4-3-11(2)16-12/h5-6,9-12,14H,3-4,7-8H2,1-2H3. The Bertz CT molecular complexity index is 299. The third-order valence-electron chi connectivity index (χ3n) is 3.06. The van der Waals surface area contributed by atoms with Gasteiger partial charge in [0, 0.05) is 31.5 Å². The van der Waals surface area contributed by atoms with Gasteiger partial charge >= 0.3 is 0 Å². The van der Waals surface area contributed by atoms with E-state index in [9.17, 15) is 0 Å². The van der Waals surface area contributed by atoms with E-state index in [0.717, 1.165) is 13.1 Å². The molecule has 0 amide bonds. The second kappa shape index (κ2) is 5.46. The van der Waals surface area contributed by atoms with Gasteiger partial charge in [-0.2, -0.15) is 0 Å². The zero-order valence-corrected chi connectivity index (χ0v) is 10.1. The summed E-state index contributed by atoms with van der Waals surface area (Å²) in [5.74, 6) is 0. The molecule has 0 aromatic carbocycles. The number of aromatic nitrogens is 2. The van der Waals surface area contributed by atoms with Crippen LogP contribution in [0.5, 0.6) is 0 Å². The molecule has 1 aliphatic rings. The summed E-state index contributed by atoms with van der Waals surface area (Å²) in [6, 6.07) is 0.453. The minimum absolute atomic E-state index is 0.403. The van der Waals surface area contributed by atoms with E-state index in [1.165, 1.54) is 12.8 Å². The molecule has 90 valence electrons. The van der Waals surface area contributed by atoms with Crippen LogP contribution in [0.25, 0.3) is 0 Å². The van der Waals surface area contributed by atoms with E-state index in [2.05, 4.69) is 28.7 Å². The Morgan fingerprint density at radius 1 is 1.56 bits per heavy atom. The lowest BCUT2D eigenvalue weighted by atomic mass is 10.2. The molecule has 0 spiro atoms. The lowest BCUT2D eigenvalue weighted by molar-refractivity contribution is 0.0543. The van der Waals surface area contributed by atoms with Crippen molar-refractivity contribution in [2.75, 3.05) is 6.54 Å². The fraction of sp³-hybridized carbons (Fsp3) is 0.750. The first-order valence-corrected chi connectivity index (χ1v) is 6.08. The Kier molecular flexibility index (Phi) is 3.96. The molecule has 4 heteroatoms. The predicted octanol–water partition coefficient (Wildman–Crippen LogP) is 1.43. The second-order valence-corrected chi connectivity index (χ2v) is 4.71. The minimum atomic E-state index is 0.403. The molecule has 0 aliphatic carbocycles. The number of hydrogen-bond donors (Lipinski definition) is 1. The Morgan fingerprint density at radius 2 is 2.44 bits per heavy atom. The quantitative estimate of drug-likeness (QED) is 0.820. The normalized spacial score (nSPS) is 27.1. The first kappa shape index (κ1) is 11.6. The number of nitrogens with zero attached hydrogens (tertiary/aromatic N) is 2. The van der Waals surface area contributed by atoms with Gasteiger partial charge in [-0.3, -0.25) is 0 Å². The first-order valence-electron chi connectivity index (χ1n) is 6.08. The van der Waals surface area contributed by atoms with E-state index in [0.29, 0.717) is 18.2 Å². The fourth-order valence-corrected chi connectivity index (χ4v) is 2.14. The molecule has 0 radical (unpaired) electrons. The number of nitrogens with one attached hydrogen (secondary N) is 1. The summed E-state index contributed by atoms with van der Waals surface area (Å²) in [5.41, 5.74) is 0. The van der Waals surface area contributed by atoms with E-state index in [4.69, 9.17) is 4.74 Å². The summed E-state index contributed by atoms with van der Waals surface area (Å²) >= 11 is 0. The van der Waals surface area contributed by atoms with E-state index in [1.807, 2.05) is 18.7 Å². The highest BCUT2D eigenvalue weighted by molar-refractivity contribution is 4.78. The van der Waals surface area contributed by atoms with Crippen LogP contribution in [0.1, 0.15) is 26.7 Å². The van der Waals surface area contributed by atoms with Gasteiger partial charge in [-0.15, -0.1) is 0 Å². The van der Waals surface area contributed by atoms with Gasteiger partial charge in [0.05, 0.1) is 18.5 Å². The molecule has 3 atom stereocenters. The molecule has 1 aromatic heterocycles. The van der Waals surface area contributed by atoms with Crippen molar-refractivity contribution < 1.29 is 4.74 Å². The average molecular weight is 223 g/mol. The largest absolute Gasteiger partial charge is 0.374 e. The monoisotopic (exact) mass is 223 g/mol. The minimum Gasteiger partial charge on any atom is -0.374 e. The van der Waals surface area contributed by atoms with Gasteiger partial charge in [0.1, 0.15) is 0 Å². The zero-order chi connectivity index (χ0) is 11.4. The predicted molar refractivity (Wildman–Crippen MR) is 63.3 cm³/mol. The summed E-state index contributed by atoms with van der Waals surface area (Å²) in [4.78, 5) is 4.03. The molecule has 2 heterocycles. The molecule has 1 aliphatic heterocycles. The van der Waals surface area contributed by atoms with Gasteiger partial charge in [-0.1, -0.05) is 0 Å². The van der Waals surface area contributed by atoms with Gasteiger partial charge < -0.3 is 14.6 Å². The summed E-state index contributed by atoms with van der Waals surface area (Å²) < 4.78 is 7.86. The van der Waals surface area contributed by atoms with Gasteiger partial charge in [0.25, 0.3) is 0 Å². The van der Waals surface area contributed by atoms with Gasteiger partial charge in [0.2, 0.25) is 0 Å². The van der Waals surface area contributed by atoms with Gasteiger partial charge in [-0.05, 0) is 26.7 Å². The zero-order valence-electron chi connectivity index (χ0n) is 10.1. The summed E-state index contributed by atoms with van der Waals surface area (Å²) in [6.45, 7) is 6.26. The van der Waals surface area contributed by atoms with E-state index >= 15 is 0 Å². The third-order valence-corrected chi connectivity index (χ3v) is 3.06. The van der Waals surface area contributed by atoms with Crippen molar-refractivity contribution in [2.45, 2.75) is 51.5 Å². The van der Waals surface area contributed by atoms with E-state index < -0.39 is 0 Å². The van der Waals surface area contributed by atoms with Crippen molar-refractivity contribution in [2.24, 2.45) is 0 Å². The topological polar surface area (TPSA) is 39.1 Å². The first-order chi connectivity index (χ1) is 7.74. The Balaban J connectivity index is 1.66. The molecule has 4 nitrogen and oxygen atoms in total. The molecule has 0 bridgehead atoms. The number of rotatable bonds is 5. The van der Waals surface area contributed by atoms with Crippen LogP contribution in [0, 0.1) is 0 Å². The van der Waals surface area contributed by atoms with Crippen molar-refractivity contribution in [3.05, 3.63) is 18.7 Å². The maximum Gasteiger partial charge on any atom is 0.0946 e. The lowest BCUT2D eigenvalue weighted by Gasteiger charge is -2.17. The van der Waals surface area contributed by atoms with Crippen molar-refractivity contribution >= 4 is 0 Å². The Labute approximate surface area is 97.0 Å². The van der Waals surface area contributed by atoms with Crippen molar-refractivity contribution in [1.29, 1.82) is 0 Å². The molecular weight excluding hydrogens is 202 g/mol. The van der Waals surface area contributed by atoms with Crippen LogP contribution >= 0.6 is 0 Å². The van der Waals surface area contributed by atoms with Crippen LogP contribution in [0.2, 0.25) is 0 Å².